The van der Waals surface area contributed by atoms with Crippen LogP contribution in [0.25, 0.3) is 0 Å². The Morgan fingerprint density at radius 2 is 2.12 bits per heavy atom. The molecule has 0 aliphatic heterocycles. The van der Waals surface area contributed by atoms with Crippen molar-refractivity contribution in [2.75, 3.05) is 23.8 Å². The molecule has 0 fully saturated rings. The van der Waals surface area contributed by atoms with E-state index in [1.165, 1.54) is 0 Å². The molecular formula is C13H17BrN2. The maximum atomic E-state index is 9.03. The zero-order valence-electron chi connectivity index (χ0n) is 9.78. The van der Waals surface area contributed by atoms with Crippen LogP contribution in [-0.2, 0) is 0 Å². The molecule has 1 aromatic rings. The second-order valence-corrected chi connectivity index (χ2v) is 4.59. The van der Waals surface area contributed by atoms with E-state index >= 15 is 0 Å². The fraction of sp³-hybridized carbons (Fsp3) is 0.462. The van der Waals surface area contributed by atoms with Crippen LogP contribution in [0, 0.1) is 17.2 Å². The van der Waals surface area contributed by atoms with E-state index in [2.05, 4.69) is 33.8 Å². The van der Waals surface area contributed by atoms with Gasteiger partial charge in [-0.25, -0.2) is 0 Å². The lowest BCUT2D eigenvalue weighted by Gasteiger charge is -2.24. The highest BCUT2D eigenvalue weighted by atomic mass is 79.9. The topological polar surface area (TPSA) is 27.0 Å². The summed E-state index contributed by atoms with van der Waals surface area (Å²) in [5.74, 6) is 0.622. The van der Waals surface area contributed by atoms with E-state index in [-0.39, 0.29) is 0 Å². The van der Waals surface area contributed by atoms with Gasteiger partial charge in [0.2, 0.25) is 0 Å². The third kappa shape index (κ3) is 3.24. The molecule has 86 valence electrons. The number of nitrogens with zero attached hydrogens (tertiary/aromatic N) is 2. The van der Waals surface area contributed by atoms with Gasteiger partial charge in [0.1, 0.15) is 6.07 Å². The number of alkyl halides is 1. The summed E-state index contributed by atoms with van der Waals surface area (Å²) in [4.78, 5) is 2.16. The first kappa shape index (κ1) is 13.1. The van der Waals surface area contributed by atoms with Gasteiger partial charge < -0.3 is 4.90 Å². The molecule has 1 unspecified atom stereocenters. The van der Waals surface area contributed by atoms with Gasteiger partial charge in [-0.2, -0.15) is 5.26 Å². The summed E-state index contributed by atoms with van der Waals surface area (Å²) in [7, 11) is 2.04. The first-order valence-corrected chi connectivity index (χ1v) is 6.61. The number of rotatable bonds is 5. The number of benzene rings is 1. The molecule has 0 radical (unpaired) electrons. The van der Waals surface area contributed by atoms with Gasteiger partial charge in [0.05, 0.1) is 11.3 Å². The van der Waals surface area contributed by atoms with Crippen LogP contribution in [-0.4, -0.2) is 18.9 Å². The maximum absolute atomic E-state index is 9.03. The molecule has 0 aliphatic rings. The minimum absolute atomic E-state index is 0.622. The van der Waals surface area contributed by atoms with Crippen LogP contribution in [0.5, 0.6) is 0 Å². The van der Waals surface area contributed by atoms with Gasteiger partial charge in [-0.15, -0.1) is 0 Å². The highest BCUT2D eigenvalue weighted by Gasteiger charge is 2.11. The van der Waals surface area contributed by atoms with Crippen LogP contribution >= 0.6 is 15.9 Å². The summed E-state index contributed by atoms with van der Waals surface area (Å²) in [5.41, 5.74) is 1.76. The molecule has 0 heterocycles. The predicted octanol–water partition coefficient (Wildman–Crippen LogP) is 3.42. The molecule has 0 saturated heterocycles. The predicted molar refractivity (Wildman–Crippen MR) is 72.0 cm³/mol. The van der Waals surface area contributed by atoms with Gasteiger partial charge in [0, 0.05) is 18.9 Å². The van der Waals surface area contributed by atoms with Crippen molar-refractivity contribution in [2.24, 2.45) is 5.92 Å². The molecule has 2 nitrogen and oxygen atoms in total. The third-order valence-electron chi connectivity index (χ3n) is 2.76. The summed E-state index contributed by atoms with van der Waals surface area (Å²) in [6.45, 7) is 3.16. The van der Waals surface area contributed by atoms with E-state index < -0.39 is 0 Å². The summed E-state index contributed by atoms with van der Waals surface area (Å²) in [6, 6.07) is 9.97. The third-order valence-corrected chi connectivity index (χ3v) is 3.68. The number of nitriles is 1. The van der Waals surface area contributed by atoms with Crippen molar-refractivity contribution in [3.8, 4) is 6.07 Å². The summed E-state index contributed by atoms with van der Waals surface area (Å²) >= 11 is 3.52. The van der Waals surface area contributed by atoms with Crippen molar-refractivity contribution in [1.82, 2.24) is 0 Å². The Bertz CT molecular complexity index is 366. The lowest BCUT2D eigenvalue weighted by molar-refractivity contribution is 0.572. The molecule has 3 heteroatoms. The minimum Gasteiger partial charge on any atom is -0.373 e. The van der Waals surface area contributed by atoms with Gasteiger partial charge in [0.25, 0.3) is 0 Å². The quantitative estimate of drug-likeness (QED) is 0.773. The number of hydrogen-bond donors (Lipinski definition) is 0. The zero-order valence-corrected chi connectivity index (χ0v) is 11.4. The first-order valence-electron chi connectivity index (χ1n) is 5.49. The molecule has 0 spiro atoms. The molecule has 0 aromatic heterocycles. The van der Waals surface area contributed by atoms with Crippen LogP contribution in [0.15, 0.2) is 24.3 Å². The van der Waals surface area contributed by atoms with E-state index in [0.717, 1.165) is 29.5 Å². The summed E-state index contributed by atoms with van der Waals surface area (Å²) < 4.78 is 0. The minimum atomic E-state index is 0.622. The van der Waals surface area contributed by atoms with E-state index in [4.69, 9.17) is 5.26 Å². The molecule has 0 N–H and O–H groups in total. The molecule has 0 saturated carbocycles. The maximum Gasteiger partial charge on any atom is 0.101 e. The van der Waals surface area contributed by atoms with Crippen LogP contribution in [0.3, 0.4) is 0 Å². The Hall–Kier alpha value is -1.01. The average molecular weight is 281 g/mol. The molecule has 1 rings (SSSR count). The van der Waals surface area contributed by atoms with E-state index in [1.807, 2.05) is 31.3 Å². The van der Waals surface area contributed by atoms with Gasteiger partial charge in [-0.1, -0.05) is 41.4 Å². The van der Waals surface area contributed by atoms with Gasteiger partial charge >= 0.3 is 0 Å². The first-order chi connectivity index (χ1) is 7.72. The van der Waals surface area contributed by atoms with Crippen molar-refractivity contribution < 1.29 is 0 Å². The smallest absolute Gasteiger partial charge is 0.101 e. The van der Waals surface area contributed by atoms with Crippen molar-refractivity contribution >= 4 is 21.6 Å². The fourth-order valence-electron chi connectivity index (χ4n) is 1.67. The molecule has 0 bridgehead atoms. The van der Waals surface area contributed by atoms with Gasteiger partial charge in [-0.05, 0) is 18.1 Å². The Kier molecular flexibility index (Phi) is 5.34. The lowest BCUT2D eigenvalue weighted by atomic mass is 10.1. The Morgan fingerprint density at radius 1 is 1.44 bits per heavy atom. The largest absolute Gasteiger partial charge is 0.373 e. The Morgan fingerprint density at radius 3 is 2.69 bits per heavy atom. The zero-order chi connectivity index (χ0) is 12.0. The normalized spacial score (nSPS) is 11.9. The van der Waals surface area contributed by atoms with Gasteiger partial charge in [-0.3, -0.25) is 0 Å². The van der Waals surface area contributed by atoms with Gasteiger partial charge in [0.15, 0.2) is 0 Å². The summed E-state index contributed by atoms with van der Waals surface area (Å²) in [5, 5.41) is 10.0. The SMILES string of the molecule is CCC(CBr)CN(C)c1ccccc1C#N. The summed E-state index contributed by atoms with van der Waals surface area (Å²) in [6.07, 6.45) is 1.14. The molecular weight excluding hydrogens is 264 g/mol. The Balaban J connectivity index is 2.80. The van der Waals surface area contributed by atoms with Crippen molar-refractivity contribution in [2.45, 2.75) is 13.3 Å². The van der Waals surface area contributed by atoms with E-state index in [0.29, 0.717) is 5.92 Å². The van der Waals surface area contributed by atoms with Crippen LogP contribution < -0.4 is 4.90 Å². The lowest BCUT2D eigenvalue weighted by Crippen LogP contribution is -2.26. The van der Waals surface area contributed by atoms with Crippen LogP contribution in [0.1, 0.15) is 18.9 Å². The highest BCUT2D eigenvalue weighted by molar-refractivity contribution is 9.09. The number of hydrogen-bond acceptors (Lipinski definition) is 2. The molecule has 0 amide bonds. The Labute approximate surface area is 106 Å². The molecule has 1 atom stereocenters. The fourth-order valence-corrected chi connectivity index (χ4v) is 2.34. The van der Waals surface area contributed by atoms with Crippen molar-refractivity contribution in [3.05, 3.63) is 29.8 Å². The van der Waals surface area contributed by atoms with Crippen LogP contribution in [0.4, 0.5) is 5.69 Å². The second-order valence-electron chi connectivity index (χ2n) is 3.94. The van der Waals surface area contributed by atoms with E-state index in [9.17, 15) is 0 Å². The van der Waals surface area contributed by atoms with Crippen molar-refractivity contribution in [1.29, 1.82) is 5.26 Å². The number of anilines is 1. The van der Waals surface area contributed by atoms with Crippen LogP contribution in [0.2, 0.25) is 0 Å². The molecule has 16 heavy (non-hydrogen) atoms. The standard InChI is InChI=1S/C13H17BrN2/c1-3-11(8-14)10-16(2)13-7-5-4-6-12(13)9-15/h4-7,11H,3,8,10H2,1-2H3. The number of para-hydroxylation sites is 1. The highest BCUT2D eigenvalue weighted by Crippen LogP contribution is 2.20. The van der Waals surface area contributed by atoms with E-state index in [1.54, 1.807) is 0 Å². The molecule has 1 aromatic carbocycles. The number of halogens is 1. The van der Waals surface area contributed by atoms with Crippen molar-refractivity contribution in [3.63, 3.8) is 0 Å². The monoisotopic (exact) mass is 280 g/mol. The second kappa shape index (κ2) is 6.55. The average Bonchev–Trinajstić information content (AvgIpc) is 2.35. The molecule has 0 aliphatic carbocycles.